The number of rotatable bonds is 2. The van der Waals surface area contributed by atoms with Crippen LogP contribution in [0.5, 0.6) is 0 Å². The van der Waals surface area contributed by atoms with Crippen LogP contribution in [-0.4, -0.2) is 44.1 Å². The van der Waals surface area contributed by atoms with Crippen LogP contribution in [0, 0.1) is 17.4 Å². The second-order valence-corrected chi connectivity index (χ2v) is 6.15. The van der Waals surface area contributed by atoms with Crippen molar-refractivity contribution in [1.82, 2.24) is 0 Å². The molecule has 0 saturated carbocycles. The van der Waals surface area contributed by atoms with Crippen molar-refractivity contribution in [1.29, 1.82) is 0 Å². The molecule has 0 amide bonds. The highest BCUT2D eigenvalue weighted by atomic mass is 35.5. The molecule has 4 atom stereocenters. The van der Waals surface area contributed by atoms with Gasteiger partial charge in [0.25, 0.3) is 0 Å². The topological polar surface area (TPSA) is 27.7 Å². The van der Waals surface area contributed by atoms with Gasteiger partial charge in [0.1, 0.15) is 17.6 Å². The van der Waals surface area contributed by atoms with E-state index in [4.69, 9.17) is 25.8 Å². The van der Waals surface area contributed by atoms with Crippen molar-refractivity contribution in [3.63, 3.8) is 0 Å². The minimum Gasteiger partial charge on any atom is -0.381 e. The lowest BCUT2D eigenvalue weighted by molar-refractivity contribution is -0.245. The normalized spacial score (nSPS) is 43.5. The van der Waals surface area contributed by atoms with Crippen LogP contribution in [0.2, 0.25) is 0 Å². The third kappa shape index (κ3) is 2.16. The van der Waals surface area contributed by atoms with Crippen LogP contribution in [0.1, 0.15) is 19.3 Å². The Morgan fingerprint density at radius 1 is 1.15 bits per heavy atom. The Labute approximate surface area is 120 Å². The summed E-state index contributed by atoms with van der Waals surface area (Å²) in [6, 6.07) is 0. The van der Waals surface area contributed by atoms with E-state index in [1.54, 1.807) is 0 Å². The Hall–Kier alpha value is -0.0400. The maximum absolute atomic E-state index is 13.8. The molecule has 4 unspecified atom stereocenters. The van der Waals surface area contributed by atoms with E-state index in [1.165, 1.54) is 0 Å². The summed E-state index contributed by atoms with van der Waals surface area (Å²) in [5, 5.41) is -0.452. The number of hydrogen-bond donors (Lipinski definition) is 0. The second kappa shape index (κ2) is 5.30. The zero-order chi connectivity index (χ0) is 14.4. The van der Waals surface area contributed by atoms with Gasteiger partial charge in [-0.15, -0.1) is 11.6 Å². The lowest BCUT2D eigenvalue weighted by atomic mass is 9.67. The van der Waals surface area contributed by atoms with E-state index in [1.807, 2.05) is 0 Å². The van der Waals surface area contributed by atoms with E-state index >= 15 is 0 Å². The molecule has 0 spiro atoms. The molecule has 0 aliphatic carbocycles. The molecule has 0 aromatic carbocycles. The van der Waals surface area contributed by atoms with Crippen molar-refractivity contribution < 1.29 is 27.4 Å². The van der Waals surface area contributed by atoms with Gasteiger partial charge in [-0.2, -0.15) is 13.2 Å². The summed E-state index contributed by atoms with van der Waals surface area (Å²) in [6.45, 7) is 0.924. The van der Waals surface area contributed by atoms with Crippen molar-refractivity contribution >= 4 is 11.6 Å². The molecule has 3 heterocycles. The highest BCUT2D eigenvalue weighted by Gasteiger charge is 2.69. The van der Waals surface area contributed by atoms with Gasteiger partial charge in [0, 0.05) is 25.7 Å². The molecule has 7 heteroatoms. The van der Waals surface area contributed by atoms with Crippen molar-refractivity contribution in [2.75, 3.05) is 26.4 Å². The molecule has 3 rings (SSSR count). The number of ether oxygens (including phenoxy) is 3. The molecule has 3 nitrogen and oxygen atoms in total. The first-order chi connectivity index (χ1) is 9.47. The summed E-state index contributed by atoms with van der Waals surface area (Å²) in [7, 11) is 0. The van der Waals surface area contributed by atoms with E-state index in [9.17, 15) is 13.2 Å². The molecule has 3 aliphatic heterocycles. The second-order valence-electron chi connectivity index (χ2n) is 5.59. The van der Waals surface area contributed by atoms with Crippen LogP contribution in [0.25, 0.3) is 0 Å². The summed E-state index contributed by atoms with van der Waals surface area (Å²) in [5.74, 6) is -0.604. The van der Waals surface area contributed by atoms with Crippen LogP contribution in [-0.2, 0) is 14.2 Å². The standard InChI is InChI=1S/C13H17ClF3O3/c14-9-2-5-19-10(9)11-12(3-6-20-11,13(15,16)17)8-1-4-18-7-8/h8-10H,1-7H2. The zero-order valence-electron chi connectivity index (χ0n) is 10.9. The molecular formula is C13H17ClF3O3. The molecule has 3 fully saturated rings. The molecule has 0 bridgehead atoms. The summed E-state index contributed by atoms with van der Waals surface area (Å²) < 4.78 is 57.5. The zero-order valence-corrected chi connectivity index (χ0v) is 11.7. The Balaban J connectivity index is 1.94. The monoisotopic (exact) mass is 313 g/mol. The quantitative estimate of drug-likeness (QED) is 0.734. The Kier molecular flexibility index (Phi) is 3.95. The Morgan fingerprint density at radius 3 is 2.50 bits per heavy atom. The van der Waals surface area contributed by atoms with Crippen LogP contribution in [0.3, 0.4) is 0 Å². The Morgan fingerprint density at radius 2 is 1.95 bits per heavy atom. The van der Waals surface area contributed by atoms with Crippen molar-refractivity contribution in [2.45, 2.75) is 36.9 Å². The van der Waals surface area contributed by atoms with Crippen LogP contribution >= 0.6 is 11.6 Å². The smallest absolute Gasteiger partial charge is 0.381 e. The predicted octanol–water partition coefficient (Wildman–Crippen LogP) is 2.92. The molecule has 20 heavy (non-hydrogen) atoms. The molecule has 0 aromatic heterocycles. The van der Waals surface area contributed by atoms with Gasteiger partial charge in [0.05, 0.1) is 12.0 Å². The largest absolute Gasteiger partial charge is 0.397 e. The van der Waals surface area contributed by atoms with Crippen LogP contribution < -0.4 is 0 Å². The molecular weight excluding hydrogens is 297 g/mol. The highest BCUT2D eigenvalue weighted by molar-refractivity contribution is 6.21. The van der Waals surface area contributed by atoms with Gasteiger partial charge in [0.2, 0.25) is 0 Å². The van der Waals surface area contributed by atoms with E-state index in [-0.39, 0.29) is 25.7 Å². The van der Waals surface area contributed by atoms with E-state index in [0.29, 0.717) is 26.1 Å². The third-order valence-electron chi connectivity index (χ3n) is 4.60. The van der Waals surface area contributed by atoms with E-state index in [0.717, 1.165) is 0 Å². The van der Waals surface area contributed by atoms with Gasteiger partial charge in [0.15, 0.2) is 0 Å². The molecule has 1 radical (unpaired) electrons. The summed E-state index contributed by atoms with van der Waals surface area (Å²) in [5.41, 5.74) is -1.97. The number of alkyl halides is 4. The van der Waals surface area contributed by atoms with E-state index in [2.05, 4.69) is 0 Å². The fraction of sp³-hybridized carbons (Fsp3) is 0.923. The molecule has 3 aliphatic rings. The average Bonchev–Trinajstić information content (AvgIpc) is 3.05. The SMILES string of the molecule is FC(F)(F)C1(C2CCOC2)CCO[C]1C1OCCC1Cl. The van der Waals surface area contributed by atoms with Crippen LogP contribution in [0.15, 0.2) is 0 Å². The lowest BCUT2D eigenvalue weighted by Crippen LogP contribution is -2.51. The first-order valence-electron chi connectivity index (χ1n) is 6.87. The maximum atomic E-state index is 13.8. The van der Waals surface area contributed by atoms with Crippen LogP contribution in [0.4, 0.5) is 13.2 Å². The van der Waals surface area contributed by atoms with Gasteiger partial charge >= 0.3 is 6.18 Å². The summed E-state index contributed by atoms with van der Waals surface area (Å²) in [4.78, 5) is 0. The number of halogens is 4. The predicted molar refractivity (Wildman–Crippen MR) is 65.2 cm³/mol. The van der Waals surface area contributed by atoms with Gasteiger partial charge in [-0.05, 0) is 19.3 Å². The first kappa shape index (κ1) is 14.9. The summed E-state index contributed by atoms with van der Waals surface area (Å²) >= 11 is 6.12. The minimum absolute atomic E-state index is 0.0157. The maximum Gasteiger partial charge on any atom is 0.397 e. The van der Waals surface area contributed by atoms with Gasteiger partial charge < -0.3 is 14.2 Å². The van der Waals surface area contributed by atoms with Gasteiger partial charge in [-0.3, -0.25) is 0 Å². The fourth-order valence-corrected chi connectivity index (χ4v) is 3.83. The number of hydrogen-bond acceptors (Lipinski definition) is 3. The van der Waals surface area contributed by atoms with E-state index < -0.39 is 29.0 Å². The fourth-order valence-electron chi connectivity index (χ4n) is 3.55. The van der Waals surface area contributed by atoms with Gasteiger partial charge in [-0.1, -0.05) is 0 Å². The lowest BCUT2D eigenvalue weighted by Gasteiger charge is -2.41. The minimum atomic E-state index is -4.38. The summed E-state index contributed by atoms with van der Waals surface area (Å²) in [6.07, 6.45) is -4.28. The van der Waals surface area contributed by atoms with Crippen molar-refractivity contribution in [2.24, 2.45) is 11.3 Å². The molecule has 0 N–H and O–H groups in total. The molecule has 115 valence electrons. The van der Waals surface area contributed by atoms with Gasteiger partial charge in [-0.25, -0.2) is 0 Å². The highest BCUT2D eigenvalue weighted by Crippen LogP contribution is 2.61. The van der Waals surface area contributed by atoms with Crippen molar-refractivity contribution in [3.8, 4) is 0 Å². The Bertz CT molecular complexity index is 359. The van der Waals surface area contributed by atoms with Crippen molar-refractivity contribution in [3.05, 3.63) is 6.10 Å². The first-order valence-corrected chi connectivity index (χ1v) is 7.31. The average molecular weight is 314 g/mol. The third-order valence-corrected chi connectivity index (χ3v) is 5.05. The molecule has 0 aromatic rings. The molecule has 3 saturated heterocycles.